The topological polar surface area (TPSA) is 115 Å². The molecule has 27 heavy (non-hydrogen) atoms. The number of thioether (sulfide) groups is 1. The Morgan fingerprint density at radius 1 is 1.15 bits per heavy atom. The van der Waals surface area contributed by atoms with Crippen LogP contribution < -0.4 is 11.1 Å². The number of nitrogens with zero attached hydrogens (tertiary/aromatic N) is 1. The summed E-state index contributed by atoms with van der Waals surface area (Å²) in [7, 11) is 0. The number of unbranched alkanes of at least 4 members (excludes halogenated alkanes) is 1. The number of nitro benzene ring substituents is 1. The summed E-state index contributed by atoms with van der Waals surface area (Å²) in [4.78, 5) is 36.5. The van der Waals surface area contributed by atoms with Crippen molar-refractivity contribution in [2.24, 2.45) is 5.73 Å². The molecule has 0 bridgehead atoms. The molecular formula is C19H21N3O4S. The standard InChI is InChI=1S/C19H21N3O4S/c1-27-17-9-8-13(12-16(17)22(25)26)18(23)14-6-2-3-7-15(14)19(24)21-11-5-4-10-20/h2-3,6-9,12H,4-5,10-11,20H2,1H3,(H,21,24). The summed E-state index contributed by atoms with van der Waals surface area (Å²) in [5.74, 6) is -0.787. The highest BCUT2D eigenvalue weighted by Crippen LogP contribution is 2.29. The third kappa shape index (κ3) is 5.15. The van der Waals surface area contributed by atoms with Gasteiger partial charge < -0.3 is 11.1 Å². The van der Waals surface area contributed by atoms with Crippen LogP contribution in [0.2, 0.25) is 0 Å². The van der Waals surface area contributed by atoms with Crippen molar-refractivity contribution in [1.29, 1.82) is 0 Å². The Kier molecular flexibility index (Phi) is 7.51. The zero-order valence-corrected chi connectivity index (χ0v) is 15.8. The highest BCUT2D eigenvalue weighted by Gasteiger charge is 2.21. The van der Waals surface area contributed by atoms with Crippen LogP contribution in [0.4, 0.5) is 5.69 Å². The number of rotatable bonds is 9. The zero-order valence-electron chi connectivity index (χ0n) is 14.9. The van der Waals surface area contributed by atoms with E-state index in [0.29, 0.717) is 18.0 Å². The van der Waals surface area contributed by atoms with Gasteiger partial charge in [0, 0.05) is 23.7 Å². The number of benzene rings is 2. The Labute approximate surface area is 161 Å². The molecule has 0 aliphatic rings. The summed E-state index contributed by atoms with van der Waals surface area (Å²) >= 11 is 1.24. The molecule has 7 nitrogen and oxygen atoms in total. The van der Waals surface area contributed by atoms with Gasteiger partial charge in [-0.05, 0) is 43.8 Å². The van der Waals surface area contributed by atoms with Crippen LogP contribution in [0.3, 0.4) is 0 Å². The van der Waals surface area contributed by atoms with Crippen LogP contribution in [0.15, 0.2) is 47.4 Å². The van der Waals surface area contributed by atoms with E-state index in [1.165, 1.54) is 23.9 Å². The van der Waals surface area contributed by atoms with E-state index in [9.17, 15) is 19.7 Å². The smallest absolute Gasteiger partial charge is 0.283 e. The van der Waals surface area contributed by atoms with Gasteiger partial charge >= 0.3 is 0 Å². The zero-order chi connectivity index (χ0) is 19.8. The first-order chi connectivity index (χ1) is 13.0. The predicted molar refractivity (Wildman–Crippen MR) is 105 cm³/mol. The van der Waals surface area contributed by atoms with Gasteiger partial charge in [-0.25, -0.2) is 0 Å². The Morgan fingerprint density at radius 2 is 1.85 bits per heavy atom. The van der Waals surface area contributed by atoms with E-state index in [1.54, 1.807) is 36.6 Å². The van der Waals surface area contributed by atoms with Crippen molar-refractivity contribution in [3.8, 4) is 0 Å². The highest BCUT2D eigenvalue weighted by atomic mass is 32.2. The first-order valence-electron chi connectivity index (χ1n) is 8.44. The molecule has 3 N–H and O–H groups in total. The van der Waals surface area contributed by atoms with E-state index in [2.05, 4.69) is 5.32 Å². The second-order valence-corrected chi connectivity index (χ2v) is 6.62. The van der Waals surface area contributed by atoms with Crippen molar-refractivity contribution < 1.29 is 14.5 Å². The average Bonchev–Trinajstić information content (AvgIpc) is 2.70. The van der Waals surface area contributed by atoms with E-state index in [0.717, 1.165) is 12.8 Å². The maximum Gasteiger partial charge on any atom is 0.283 e. The molecule has 0 aliphatic heterocycles. The van der Waals surface area contributed by atoms with Crippen LogP contribution in [0.1, 0.15) is 39.1 Å². The quantitative estimate of drug-likeness (QED) is 0.225. The Morgan fingerprint density at radius 3 is 2.48 bits per heavy atom. The summed E-state index contributed by atoms with van der Waals surface area (Å²) in [5.41, 5.74) is 5.92. The fraction of sp³-hybridized carbons (Fsp3) is 0.263. The normalized spacial score (nSPS) is 10.4. The molecular weight excluding hydrogens is 366 g/mol. The summed E-state index contributed by atoms with van der Waals surface area (Å²) in [5, 5.41) is 14.0. The number of carbonyl (C=O) groups is 2. The summed E-state index contributed by atoms with van der Waals surface area (Å²) in [6.07, 6.45) is 3.28. The molecule has 1 amide bonds. The highest BCUT2D eigenvalue weighted by molar-refractivity contribution is 7.98. The van der Waals surface area contributed by atoms with Crippen molar-refractivity contribution in [3.63, 3.8) is 0 Å². The lowest BCUT2D eigenvalue weighted by molar-refractivity contribution is -0.387. The number of amides is 1. The van der Waals surface area contributed by atoms with Gasteiger partial charge in [-0.2, -0.15) is 0 Å². The van der Waals surface area contributed by atoms with Crippen molar-refractivity contribution in [2.75, 3.05) is 19.3 Å². The van der Waals surface area contributed by atoms with Gasteiger partial charge in [0.15, 0.2) is 5.78 Å². The maximum atomic E-state index is 12.9. The largest absolute Gasteiger partial charge is 0.352 e. The molecule has 0 saturated heterocycles. The average molecular weight is 387 g/mol. The van der Waals surface area contributed by atoms with Crippen molar-refractivity contribution >= 4 is 29.1 Å². The van der Waals surface area contributed by atoms with Gasteiger partial charge in [0.1, 0.15) is 0 Å². The summed E-state index contributed by atoms with van der Waals surface area (Å²) in [6.45, 7) is 1.02. The van der Waals surface area contributed by atoms with Gasteiger partial charge in [-0.1, -0.05) is 18.2 Å². The van der Waals surface area contributed by atoms with Crippen LogP contribution in [0.25, 0.3) is 0 Å². The molecule has 0 saturated carbocycles. The summed E-state index contributed by atoms with van der Waals surface area (Å²) in [6, 6.07) is 10.8. The van der Waals surface area contributed by atoms with Crippen LogP contribution in [-0.2, 0) is 0 Å². The Balaban J connectivity index is 2.31. The molecule has 0 spiro atoms. The second kappa shape index (κ2) is 9.84. The SMILES string of the molecule is CSc1ccc(C(=O)c2ccccc2C(=O)NCCCCN)cc1[N+](=O)[O-]. The number of hydrogen-bond donors (Lipinski definition) is 2. The molecule has 0 atom stereocenters. The number of hydrogen-bond acceptors (Lipinski definition) is 6. The predicted octanol–water partition coefficient (Wildman–Crippen LogP) is 3.02. The minimum absolute atomic E-state index is 0.128. The Hall–Kier alpha value is -2.71. The fourth-order valence-corrected chi connectivity index (χ4v) is 3.12. The lowest BCUT2D eigenvalue weighted by atomic mass is 9.97. The van der Waals surface area contributed by atoms with Gasteiger partial charge in [-0.15, -0.1) is 11.8 Å². The number of nitrogens with one attached hydrogen (secondary N) is 1. The van der Waals surface area contributed by atoms with Crippen LogP contribution in [0, 0.1) is 10.1 Å². The molecule has 2 aromatic rings. The molecule has 142 valence electrons. The van der Waals surface area contributed by atoms with E-state index in [-0.39, 0.29) is 28.3 Å². The molecule has 2 aromatic carbocycles. The maximum absolute atomic E-state index is 12.9. The lowest BCUT2D eigenvalue weighted by Crippen LogP contribution is -2.26. The minimum Gasteiger partial charge on any atom is -0.352 e. The van der Waals surface area contributed by atoms with Crippen LogP contribution in [0.5, 0.6) is 0 Å². The molecule has 0 radical (unpaired) electrons. The third-order valence-corrected chi connectivity index (χ3v) is 4.76. The third-order valence-electron chi connectivity index (χ3n) is 3.97. The Bertz CT molecular complexity index is 855. The lowest BCUT2D eigenvalue weighted by Gasteiger charge is -2.10. The van der Waals surface area contributed by atoms with Crippen molar-refractivity contribution in [2.45, 2.75) is 17.7 Å². The second-order valence-electron chi connectivity index (χ2n) is 5.77. The van der Waals surface area contributed by atoms with E-state index < -0.39 is 10.7 Å². The first kappa shape index (κ1) is 20.6. The fourth-order valence-electron chi connectivity index (χ4n) is 2.58. The number of nitrogens with two attached hydrogens (primary N) is 1. The number of ketones is 1. The van der Waals surface area contributed by atoms with E-state index in [4.69, 9.17) is 5.73 Å². The van der Waals surface area contributed by atoms with Gasteiger partial charge in [0.05, 0.1) is 15.4 Å². The van der Waals surface area contributed by atoms with Crippen molar-refractivity contribution in [3.05, 3.63) is 69.3 Å². The van der Waals surface area contributed by atoms with Crippen LogP contribution >= 0.6 is 11.8 Å². The first-order valence-corrected chi connectivity index (χ1v) is 9.66. The molecule has 2 rings (SSSR count). The van der Waals surface area contributed by atoms with Crippen LogP contribution in [-0.4, -0.2) is 36.0 Å². The van der Waals surface area contributed by atoms with Gasteiger partial charge in [0.2, 0.25) is 0 Å². The van der Waals surface area contributed by atoms with Gasteiger partial charge in [-0.3, -0.25) is 19.7 Å². The monoisotopic (exact) mass is 387 g/mol. The van der Waals surface area contributed by atoms with E-state index >= 15 is 0 Å². The van der Waals surface area contributed by atoms with Crippen molar-refractivity contribution in [1.82, 2.24) is 5.32 Å². The molecule has 0 aliphatic carbocycles. The molecule has 8 heteroatoms. The van der Waals surface area contributed by atoms with E-state index in [1.807, 2.05) is 0 Å². The molecule has 0 fully saturated rings. The summed E-state index contributed by atoms with van der Waals surface area (Å²) < 4.78 is 0. The molecule has 0 aromatic heterocycles. The number of nitro groups is 1. The van der Waals surface area contributed by atoms with Gasteiger partial charge in [0.25, 0.3) is 11.6 Å². The minimum atomic E-state index is -0.515. The molecule has 0 unspecified atom stereocenters. The molecule has 0 heterocycles. The number of carbonyl (C=O) groups excluding carboxylic acids is 2.